The molecular formula is C12H20N4O4S. The van der Waals surface area contributed by atoms with E-state index in [1.807, 2.05) is 0 Å². The van der Waals surface area contributed by atoms with Gasteiger partial charge in [-0.3, -0.25) is 10.00 Å². The Morgan fingerprint density at radius 2 is 1.86 bits per heavy atom. The van der Waals surface area contributed by atoms with Crippen LogP contribution in [0.1, 0.15) is 31.1 Å². The Morgan fingerprint density at radius 1 is 1.29 bits per heavy atom. The first-order chi connectivity index (χ1) is 9.64. The Bertz CT molecular complexity index is 624. The third-order valence-electron chi connectivity index (χ3n) is 3.62. The van der Waals surface area contributed by atoms with Crippen LogP contribution in [0, 0.1) is 0 Å². The molecule has 2 rings (SSSR count). The van der Waals surface area contributed by atoms with Crippen LogP contribution in [-0.2, 0) is 10.0 Å². The maximum atomic E-state index is 12.5. The SMILES string of the molecule is CC(C)(C)N1CCN(S(=O)(=O)c2[nH]ncc2C(=O)O)CC1. The number of hydrogen-bond donors (Lipinski definition) is 2. The van der Waals surface area contributed by atoms with Crippen LogP contribution >= 0.6 is 0 Å². The van der Waals surface area contributed by atoms with Crippen molar-refractivity contribution < 1.29 is 18.3 Å². The zero-order valence-corrected chi connectivity index (χ0v) is 13.1. The van der Waals surface area contributed by atoms with Gasteiger partial charge in [0.15, 0.2) is 5.03 Å². The van der Waals surface area contributed by atoms with E-state index in [2.05, 4.69) is 35.9 Å². The molecule has 0 atom stereocenters. The highest BCUT2D eigenvalue weighted by molar-refractivity contribution is 7.89. The molecule has 9 heteroatoms. The van der Waals surface area contributed by atoms with E-state index in [1.165, 1.54) is 4.31 Å². The molecule has 1 aromatic rings. The number of sulfonamides is 1. The largest absolute Gasteiger partial charge is 0.478 e. The first-order valence-corrected chi connectivity index (χ1v) is 8.10. The van der Waals surface area contributed by atoms with Crippen molar-refractivity contribution in [2.24, 2.45) is 0 Å². The van der Waals surface area contributed by atoms with E-state index in [0.717, 1.165) is 6.20 Å². The van der Waals surface area contributed by atoms with E-state index in [0.29, 0.717) is 26.2 Å². The van der Waals surface area contributed by atoms with Gasteiger partial charge in [-0.15, -0.1) is 0 Å². The fourth-order valence-corrected chi connectivity index (χ4v) is 3.84. The van der Waals surface area contributed by atoms with Crippen LogP contribution in [0.3, 0.4) is 0 Å². The summed E-state index contributed by atoms with van der Waals surface area (Å²) in [5.41, 5.74) is -0.343. The lowest BCUT2D eigenvalue weighted by Crippen LogP contribution is -2.54. The summed E-state index contributed by atoms with van der Waals surface area (Å²) in [7, 11) is -3.86. The standard InChI is InChI=1S/C12H20N4O4S/c1-12(2,3)15-4-6-16(7-5-15)21(19,20)10-9(11(17)18)8-13-14-10/h8H,4-7H2,1-3H3,(H,13,14)(H,17,18). The number of nitrogens with zero attached hydrogens (tertiary/aromatic N) is 3. The number of carboxylic acids is 1. The van der Waals surface area contributed by atoms with Crippen molar-refractivity contribution in [2.75, 3.05) is 26.2 Å². The average Bonchev–Trinajstić information content (AvgIpc) is 2.88. The van der Waals surface area contributed by atoms with Crippen LogP contribution in [-0.4, -0.2) is 70.6 Å². The van der Waals surface area contributed by atoms with Crippen molar-refractivity contribution in [3.05, 3.63) is 11.8 Å². The van der Waals surface area contributed by atoms with Gasteiger partial charge in [-0.2, -0.15) is 9.40 Å². The highest BCUT2D eigenvalue weighted by Crippen LogP contribution is 2.22. The molecular weight excluding hydrogens is 296 g/mol. The Labute approximate surface area is 123 Å². The number of hydrogen-bond acceptors (Lipinski definition) is 5. The van der Waals surface area contributed by atoms with Crippen LogP contribution in [0.2, 0.25) is 0 Å². The maximum Gasteiger partial charge on any atom is 0.340 e. The number of aromatic carboxylic acids is 1. The van der Waals surface area contributed by atoms with Crippen LogP contribution in [0.25, 0.3) is 0 Å². The molecule has 1 aliphatic rings. The molecule has 1 fully saturated rings. The first-order valence-electron chi connectivity index (χ1n) is 6.66. The topological polar surface area (TPSA) is 107 Å². The summed E-state index contributed by atoms with van der Waals surface area (Å²) < 4.78 is 26.3. The average molecular weight is 316 g/mol. The van der Waals surface area contributed by atoms with Gasteiger partial charge in [-0.05, 0) is 20.8 Å². The van der Waals surface area contributed by atoms with E-state index in [4.69, 9.17) is 5.11 Å². The zero-order chi connectivity index (χ0) is 15.8. The summed E-state index contributed by atoms with van der Waals surface area (Å²) in [6, 6.07) is 0. The van der Waals surface area contributed by atoms with Crippen molar-refractivity contribution in [1.29, 1.82) is 0 Å². The number of nitrogens with one attached hydrogen (secondary N) is 1. The quantitative estimate of drug-likeness (QED) is 0.826. The molecule has 118 valence electrons. The van der Waals surface area contributed by atoms with E-state index >= 15 is 0 Å². The summed E-state index contributed by atoms with van der Waals surface area (Å²) in [6.07, 6.45) is 1.01. The molecule has 1 aliphatic heterocycles. The predicted octanol–water partition coefficient (Wildman–Crippen LogP) is 0.213. The summed E-state index contributed by atoms with van der Waals surface area (Å²) in [5.74, 6) is -1.31. The van der Waals surface area contributed by atoms with Crippen molar-refractivity contribution in [3.63, 3.8) is 0 Å². The molecule has 8 nitrogen and oxygen atoms in total. The van der Waals surface area contributed by atoms with Crippen molar-refractivity contribution in [3.8, 4) is 0 Å². The van der Waals surface area contributed by atoms with Crippen molar-refractivity contribution >= 4 is 16.0 Å². The lowest BCUT2D eigenvalue weighted by molar-refractivity contribution is 0.0692. The molecule has 0 radical (unpaired) electrons. The minimum atomic E-state index is -3.86. The number of aromatic amines is 1. The summed E-state index contributed by atoms with van der Waals surface area (Å²) in [5, 5.41) is 14.5. The van der Waals surface area contributed by atoms with E-state index in [1.54, 1.807) is 0 Å². The molecule has 0 unspecified atom stereocenters. The molecule has 0 saturated carbocycles. The van der Waals surface area contributed by atoms with E-state index in [-0.39, 0.29) is 16.1 Å². The number of aromatic nitrogens is 2. The van der Waals surface area contributed by atoms with Gasteiger partial charge >= 0.3 is 5.97 Å². The second kappa shape index (κ2) is 5.39. The third-order valence-corrected chi connectivity index (χ3v) is 5.49. The molecule has 2 heterocycles. The lowest BCUT2D eigenvalue weighted by atomic mass is 10.1. The molecule has 0 aromatic carbocycles. The van der Waals surface area contributed by atoms with Crippen LogP contribution < -0.4 is 0 Å². The molecule has 0 amide bonds. The second-order valence-electron chi connectivity index (χ2n) is 5.98. The summed E-state index contributed by atoms with van der Waals surface area (Å²) >= 11 is 0. The molecule has 1 aromatic heterocycles. The number of carboxylic acid groups (broad SMARTS) is 1. The van der Waals surface area contributed by atoms with Gasteiger partial charge in [-0.25, -0.2) is 13.2 Å². The highest BCUT2D eigenvalue weighted by atomic mass is 32.2. The Morgan fingerprint density at radius 3 is 2.33 bits per heavy atom. The van der Waals surface area contributed by atoms with Gasteiger partial charge in [0.2, 0.25) is 0 Å². The Hall–Kier alpha value is -1.45. The Balaban J connectivity index is 2.19. The minimum Gasteiger partial charge on any atom is -0.478 e. The monoisotopic (exact) mass is 316 g/mol. The highest BCUT2D eigenvalue weighted by Gasteiger charge is 2.35. The van der Waals surface area contributed by atoms with Gasteiger partial charge in [0, 0.05) is 31.7 Å². The fourth-order valence-electron chi connectivity index (χ4n) is 2.35. The van der Waals surface area contributed by atoms with Crippen molar-refractivity contribution in [1.82, 2.24) is 19.4 Å². The number of rotatable bonds is 3. The van der Waals surface area contributed by atoms with Crippen LogP contribution in [0.5, 0.6) is 0 Å². The fraction of sp³-hybridized carbons (Fsp3) is 0.667. The van der Waals surface area contributed by atoms with Gasteiger partial charge in [0.05, 0.1) is 6.20 Å². The van der Waals surface area contributed by atoms with E-state index in [9.17, 15) is 13.2 Å². The van der Waals surface area contributed by atoms with Crippen LogP contribution in [0.15, 0.2) is 11.2 Å². The molecule has 0 aliphatic carbocycles. The second-order valence-corrected chi connectivity index (χ2v) is 7.85. The molecule has 0 bridgehead atoms. The minimum absolute atomic E-state index is 0.0178. The molecule has 21 heavy (non-hydrogen) atoms. The van der Waals surface area contributed by atoms with Crippen molar-refractivity contribution in [2.45, 2.75) is 31.3 Å². The third kappa shape index (κ3) is 3.09. The molecule has 1 saturated heterocycles. The van der Waals surface area contributed by atoms with Gasteiger partial charge < -0.3 is 5.11 Å². The molecule has 2 N–H and O–H groups in total. The number of carbonyl (C=O) groups is 1. The molecule has 0 spiro atoms. The summed E-state index contributed by atoms with van der Waals surface area (Å²) in [6.45, 7) is 8.12. The van der Waals surface area contributed by atoms with Gasteiger partial charge in [0.1, 0.15) is 5.56 Å². The van der Waals surface area contributed by atoms with E-state index < -0.39 is 16.0 Å². The predicted molar refractivity (Wildman–Crippen MR) is 75.6 cm³/mol. The van der Waals surface area contributed by atoms with Crippen LogP contribution in [0.4, 0.5) is 0 Å². The number of H-pyrrole nitrogens is 1. The van der Waals surface area contributed by atoms with Gasteiger partial charge in [0.25, 0.3) is 10.0 Å². The Kier molecular flexibility index (Phi) is 4.09. The summed E-state index contributed by atoms with van der Waals surface area (Å²) in [4.78, 5) is 13.2. The maximum absolute atomic E-state index is 12.5. The smallest absolute Gasteiger partial charge is 0.340 e. The lowest BCUT2D eigenvalue weighted by Gasteiger charge is -2.41. The zero-order valence-electron chi connectivity index (χ0n) is 12.3. The van der Waals surface area contributed by atoms with Gasteiger partial charge in [-0.1, -0.05) is 0 Å². The normalized spacial score (nSPS) is 18.8. The number of piperazine rings is 1. The first kappa shape index (κ1) is 15.9.